The molecular weight excluding hydrogens is 446 g/mol. The van der Waals surface area contributed by atoms with E-state index in [1.54, 1.807) is 19.2 Å². The van der Waals surface area contributed by atoms with Crippen LogP contribution < -0.4 is 10.6 Å². The number of carboxylic acids is 3. The maximum atomic E-state index is 12.1. The van der Waals surface area contributed by atoms with Crippen LogP contribution in [0.5, 0.6) is 0 Å². The number of hydrogen-bond acceptors (Lipinski definition) is 7. The Kier molecular flexibility index (Phi) is 12.9. The monoisotopic (exact) mass is 475 g/mol. The minimum Gasteiger partial charge on any atom is -0.481 e. The van der Waals surface area contributed by atoms with E-state index in [4.69, 9.17) is 32.0 Å². The molecule has 12 heteroatoms. The molecule has 0 aliphatic carbocycles. The van der Waals surface area contributed by atoms with Gasteiger partial charge in [-0.05, 0) is 31.3 Å². The van der Waals surface area contributed by atoms with Crippen LogP contribution in [0.2, 0.25) is 5.02 Å². The second-order valence-electron chi connectivity index (χ2n) is 6.70. The first-order valence-corrected chi connectivity index (χ1v) is 10.1. The van der Waals surface area contributed by atoms with E-state index in [1.165, 1.54) is 0 Å². The quantitative estimate of drug-likeness (QED) is 0.257. The fourth-order valence-corrected chi connectivity index (χ4v) is 2.77. The fraction of sp³-hybridized carbons (Fsp3) is 0.500. The van der Waals surface area contributed by atoms with Crippen molar-refractivity contribution >= 4 is 41.1 Å². The number of aliphatic hydroxyl groups is 1. The van der Waals surface area contributed by atoms with Gasteiger partial charge in [0, 0.05) is 30.8 Å². The summed E-state index contributed by atoms with van der Waals surface area (Å²) in [5.74, 6) is -5.12. The molecule has 1 rings (SSSR count). The van der Waals surface area contributed by atoms with Crippen molar-refractivity contribution in [2.45, 2.75) is 32.3 Å². The van der Waals surface area contributed by atoms with Gasteiger partial charge in [-0.1, -0.05) is 25.4 Å². The van der Waals surface area contributed by atoms with E-state index < -0.39 is 36.4 Å². The van der Waals surface area contributed by atoms with Gasteiger partial charge in [0.1, 0.15) is 0 Å². The molecule has 32 heavy (non-hydrogen) atoms. The van der Waals surface area contributed by atoms with E-state index in [1.807, 2.05) is 6.07 Å². The van der Waals surface area contributed by atoms with Crippen LogP contribution in [-0.2, 0) is 14.4 Å². The Labute approximate surface area is 191 Å². The van der Waals surface area contributed by atoms with Crippen LogP contribution in [0, 0.1) is 0 Å². The lowest BCUT2D eigenvalue weighted by Crippen LogP contribution is -2.42. The van der Waals surface area contributed by atoms with Crippen molar-refractivity contribution in [1.82, 2.24) is 10.2 Å². The number of hydrogen-bond donors (Lipinski definition) is 6. The predicted molar refractivity (Wildman–Crippen MR) is 118 cm³/mol. The van der Waals surface area contributed by atoms with Gasteiger partial charge in [0.2, 0.25) is 0 Å². The number of rotatable bonds is 12. The molecule has 0 bridgehead atoms. The average Bonchev–Trinajstić information content (AvgIpc) is 2.70. The number of halogens is 1. The smallest absolute Gasteiger partial charge is 0.336 e. The molecule has 0 aliphatic heterocycles. The second kappa shape index (κ2) is 14.2. The Balaban J connectivity index is 0.000000649. The van der Waals surface area contributed by atoms with Gasteiger partial charge in [0.15, 0.2) is 5.60 Å². The number of anilines is 1. The Morgan fingerprint density at radius 1 is 1.03 bits per heavy atom. The van der Waals surface area contributed by atoms with Gasteiger partial charge in [-0.3, -0.25) is 14.4 Å². The van der Waals surface area contributed by atoms with Crippen molar-refractivity contribution in [2.75, 3.05) is 38.5 Å². The summed E-state index contributed by atoms with van der Waals surface area (Å²) in [6, 6.07) is 5.25. The minimum absolute atomic E-state index is 0.0981. The molecule has 6 N–H and O–H groups in total. The van der Waals surface area contributed by atoms with E-state index in [0.29, 0.717) is 17.1 Å². The topological polar surface area (TPSA) is 176 Å². The van der Waals surface area contributed by atoms with E-state index in [-0.39, 0.29) is 5.91 Å². The van der Waals surface area contributed by atoms with Crippen molar-refractivity contribution in [1.29, 1.82) is 0 Å². The Morgan fingerprint density at radius 3 is 1.97 bits per heavy atom. The number of nitrogens with zero attached hydrogens (tertiary/aromatic N) is 1. The highest BCUT2D eigenvalue weighted by Crippen LogP contribution is 2.20. The molecule has 11 nitrogen and oxygen atoms in total. The number of aliphatic carboxylic acids is 3. The van der Waals surface area contributed by atoms with Crippen molar-refractivity contribution in [3.05, 3.63) is 28.8 Å². The summed E-state index contributed by atoms with van der Waals surface area (Å²) in [6.07, 6.45) is -2.29. The molecule has 0 aliphatic rings. The standard InChI is InChI=1S/C14H22ClN3O.C6H8O7/c1-4-18(5-2)9-8-17-14(19)12-10-11(15)6-7-13(12)16-3;7-3(8)1-6(13,5(11)12)2-4(9)10/h6-7,10,16H,4-5,8-9H2,1-3H3,(H,17,19);13H,1-2H2,(H,7,8)(H,9,10)(H,11,12). The zero-order valence-corrected chi connectivity index (χ0v) is 19.0. The van der Waals surface area contributed by atoms with Crippen LogP contribution in [-0.4, -0.2) is 88.0 Å². The summed E-state index contributed by atoms with van der Waals surface area (Å²) in [6.45, 7) is 7.70. The van der Waals surface area contributed by atoms with Crippen molar-refractivity contribution in [2.24, 2.45) is 0 Å². The summed E-state index contributed by atoms with van der Waals surface area (Å²) in [7, 11) is 1.79. The van der Waals surface area contributed by atoms with E-state index in [0.717, 1.165) is 25.3 Å². The van der Waals surface area contributed by atoms with Gasteiger partial charge in [0.05, 0.1) is 18.4 Å². The van der Waals surface area contributed by atoms with Crippen molar-refractivity contribution in [3.63, 3.8) is 0 Å². The summed E-state index contributed by atoms with van der Waals surface area (Å²) in [4.78, 5) is 44.9. The molecule has 180 valence electrons. The summed E-state index contributed by atoms with van der Waals surface area (Å²) >= 11 is 5.93. The second-order valence-corrected chi connectivity index (χ2v) is 7.14. The zero-order chi connectivity index (χ0) is 24.9. The summed E-state index contributed by atoms with van der Waals surface area (Å²) < 4.78 is 0. The molecule has 0 fully saturated rings. The molecule has 0 unspecified atom stereocenters. The molecule has 0 atom stereocenters. The largest absolute Gasteiger partial charge is 0.481 e. The van der Waals surface area contributed by atoms with Gasteiger partial charge in [-0.2, -0.15) is 0 Å². The van der Waals surface area contributed by atoms with Crippen molar-refractivity contribution in [3.8, 4) is 0 Å². The van der Waals surface area contributed by atoms with E-state index in [9.17, 15) is 19.2 Å². The lowest BCUT2D eigenvalue weighted by molar-refractivity contribution is -0.170. The lowest BCUT2D eigenvalue weighted by atomic mass is 9.96. The Morgan fingerprint density at radius 2 is 1.56 bits per heavy atom. The SMILES string of the molecule is CCN(CC)CCNC(=O)c1cc(Cl)ccc1NC.O=C(O)CC(O)(CC(=O)O)C(=O)O. The Bertz CT molecular complexity index is 783. The first-order valence-electron chi connectivity index (χ1n) is 9.77. The van der Waals surface area contributed by atoms with Gasteiger partial charge in [0.25, 0.3) is 5.91 Å². The van der Waals surface area contributed by atoms with Gasteiger partial charge in [-0.15, -0.1) is 0 Å². The molecule has 1 aromatic carbocycles. The fourth-order valence-electron chi connectivity index (χ4n) is 2.60. The number of nitrogens with one attached hydrogen (secondary N) is 2. The molecule has 0 spiro atoms. The number of amides is 1. The van der Waals surface area contributed by atoms with Gasteiger partial charge >= 0.3 is 17.9 Å². The molecule has 0 heterocycles. The summed E-state index contributed by atoms with van der Waals surface area (Å²) in [5.41, 5.74) is -1.38. The number of benzene rings is 1. The minimum atomic E-state index is -2.74. The maximum Gasteiger partial charge on any atom is 0.336 e. The third kappa shape index (κ3) is 10.4. The lowest BCUT2D eigenvalue weighted by Gasteiger charge is -2.18. The molecule has 0 saturated carbocycles. The number of carboxylic acid groups (broad SMARTS) is 3. The van der Waals surface area contributed by atoms with Crippen LogP contribution in [0.4, 0.5) is 5.69 Å². The number of likely N-dealkylation sites (N-methyl/N-ethyl adjacent to an activating group) is 1. The maximum absolute atomic E-state index is 12.1. The van der Waals surface area contributed by atoms with Crippen LogP contribution in [0.15, 0.2) is 18.2 Å². The van der Waals surface area contributed by atoms with Gasteiger partial charge in [-0.25, -0.2) is 4.79 Å². The molecular formula is C20H30ClN3O8. The molecule has 0 radical (unpaired) electrons. The predicted octanol–water partition coefficient (Wildman–Crippen LogP) is 1.20. The third-order valence-electron chi connectivity index (χ3n) is 4.39. The Hall–Kier alpha value is -2.89. The zero-order valence-electron chi connectivity index (χ0n) is 18.2. The highest BCUT2D eigenvalue weighted by Gasteiger charge is 2.40. The normalized spacial score (nSPS) is 10.7. The van der Waals surface area contributed by atoms with Crippen molar-refractivity contribution < 1.29 is 39.6 Å². The molecule has 1 amide bonds. The molecule has 0 saturated heterocycles. The highest BCUT2D eigenvalue weighted by molar-refractivity contribution is 6.31. The van der Waals surface area contributed by atoms with E-state index >= 15 is 0 Å². The van der Waals surface area contributed by atoms with Crippen LogP contribution in [0.3, 0.4) is 0 Å². The van der Waals surface area contributed by atoms with E-state index in [2.05, 4.69) is 29.4 Å². The summed E-state index contributed by atoms with van der Waals surface area (Å²) in [5, 5.41) is 40.3. The molecule has 0 aromatic heterocycles. The van der Waals surface area contributed by atoms with Crippen LogP contribution in [0.1, 0.15) is 37.0 Å². The molecule has 1 aromatic rings. The average molecular weight is 476 g/mol. The van der Waals surface area contributed by atoms with Gasteiger partial charge < -0.3 is 36.0 Å². The first-order chi connectivity index (χ1) is 14.9. The third-order valence-corrected chi connectivity index (χ3v) is 4.62. The highest BCUT2D eigenvalue weighted by atomic mass is 35.5. The first kappa shape index (κ1) is 29.1. The van der Waals surface area contributed by atoms with Crippen LogP contribution in [0.25, 0.3) is 0 Å². The number of carbonyl (C=O) groups is 4. The van der Waals surface area contributed by atoms with Crippen LogP contribution >= 0.6 is 11.6 Å². The number of carbonyl (C=O) groups excluding carboxylic acids is 1.